The van der Waals surface area contributed by atoms with E-state index >= 15 is 0 Å². The molecule has 4 heteroatoms. The Kier molecular flexibility index (Phi) is 5.38. The largest absolute Gasteiger partial charge is 0.377 e. The third-order valence-corrected chi connectivity index (χ3v) is 3.79. The van der Waals surface area contributed by atoms with Gasteiger partial charge in [0.2, 0.25) is 0 Å². The van der Waals surface area contributed by atoms with Crippen molar-refractivity contribution >= 4 is 32.7 Å². The minimum Gasteiger partial charge on any atom is -0.377 e. The van der Waals surface area contributed by atoms with Gasteiger partial charge in [0.25, 0.3) is 0 Å². The number of fused-ring (bicyclic) bond motifs is 1. The molecule has 1 aliphatic heterocycles. The second-order valence-electron chi connectivity index (χ2n) is 4.62. The van der Waals surface area contributed by atoms with Gasteiger partial charge in [-0.3, -0.25) is 0 Å². The maximum Gasteiger partial charge on any atom is 0.129 e. The first-order valence-electron chi connectivity index (χ1n) is 7.15. The van der Waals surface area contributed by atoms with Crippen molar-refractivity contribution in [3.8, 4) is 0 Å². The SMILES string of the molecule is CC.C[C@H]1COCCN1c1ccc2cc(Br)ccc2n1. The van der Waals surface area contributed by atoms with E-state index in [9.17, 15) is 0 Å². The lowest BCUT2D eigenvalue weighted by Gasteiger charge is -2.34. The average Bonchev–Trinajstić information content (AvgIpc) is 2.49. The molecule has 0 aliphatic carbocycles. The number of rotatable bonds is 1. The number of morpholine rings is 1. The van der Waals surface area contributed by atoms with Crippen LogP contribution < -0.4 is 4.90 Å². The zero-order valence-electron chi connectivity index (χ0n) is 12.3. The van der Waals surface area contributed by atoms with Gasteiger partial charge in [0, 0.05) is 16.4 Å². The fourth-order valence-corrected chi connectivity index (χ4v) is 2.69. The van der Waals surface area contributed by atoms with Gasteiger partial charge in [0.1, 0.15) is 5.82 Å². The molecule has 1 aromatic heterocycles. The maximum atomic E-state index is 5.46. The molecule has 1 aromatic carbocycles. The Morgan fingerprint density at radius 2 is 2.05 bits per heavy atom. The summed E-state index contributed by atoms with van der Waals surface area (Å²) in [5, 5.41) is 1.16. The van der Waals surface area contributed by atoms with Gasteiger partial charge in [-0.25, -0.2) is 4.98 Å². The molecule has 3 nitrogen and oxygen atoms in total. The lowest BCUT2D eigenvalue weighted by atomic mass is 10.2. The van der Waals surface area contributed by atoms with Gasteiger partial charge in [0.05, 0.1) is 24.8 Å². The molecule has 1 fully saturated rings. The zero-order valence-corrected chi connectivity index (χ0v) is 13.9. The Bertz CT molecular complexity index is 573. The Morgan fingerprint density at radius 1 is 1.25 bits per heavy atom. The highest BCUT2D eigenvalue weighted by molar-refractivity contribution is 9.10. The van der Waals surface area contributed by atoms with E-state index in [1.54, 1.807) is 0 Å². The summed E-state index contributed by atoms with van der Waals surface area (Å²) in [6.07, 6.45) is 0. The fraction of sp³-hybridized carbons (Fsp3) is 0.438. The van der Waals surface area contributed by atoms with Crippen LogP contribution in [-0.2, 0) is 4.74 Å². The molecule has 0 N–H and O–H groups in total. The number of benzene rings is 1. The number of pyridine rings is 1. The van der Waals surface area contributed by atoms with E-state index in [1.165, 1.54) is 0 Å². The summed E-state index contributed by atoms with van der Waals surface area (Å²) in [6.45, 7) is 8.65. The first-order chi connectivity index (χ1) is 9.74. The second kappa shape index (κ2) is 7.04. The van der Waals surface area contributed by atoms with Crippen LogP contribution in [0.25, 0.3) is 10.9 Å². The molecule has 0 amide bonds. The number of halogens is 1. The molecule has 1 saturated heterocycles. The molecule has 0 radical (unpaired) electrons. The standard InChI is InChI=1S/C14H15BrN2O.C2H6/c1-10-9-18-7-6-17(10)14-5-2-11-8-12(15)3-4-13(11)16-14;1-2/h2-5,8,10H,6-7,9H2,1H3;1-2H3/t10-;/m0./s1. The summed E-state index contributed by atoms with van der Waals surface area (Å²) in [6, 6.07) is 10.8. The molecule has 20 heavy (non-hydrogen) atoms. The van der Waals surface area contributed by atoms with Crippen molar-refractivity contribution in [1.29, 1.82) is 0 Å². The molecule has 3 rings (SSSR count). The van der Waals surface area contributed by atoms with E-state index in [1.807, 2.05) is 26.0 Å². The number of nitrogens with zero attached hydrogens (tertiary/aromatic N) is 2. The van der Waals surface area contributed by atoms with Gasteiger partial charge in [-0.15, -0.1) is 0 Å². The summed E-state index contributed by atoms with van der Waals surface area (Å²) in [5.41, 5.74) is 1.04. The van der Waals surface area contributed by atoms with Crippen LogP contribution in [0.2, 0.25) is 0 Å². The van der Waals surface area contributed by atoms with Crippen molar-refractivity contribution in [2.75, 3.05) is 24.7 Å². The van der Waals surface area contributed by atoms with Crippen LogP contribution in [0, 0.1) is 0 Å². The molecule has 0 unspecified atom stereocenters. The minimum absolute atomic E-state index is 0.388. The smallest absolute Gasteiger partial charge is 0.129 e. The van der Waals surface area contributed by atoms with E-state index in [-0.39, 0.29) is 0 Å². The lowest BCUT2D eigenvalue weighted by Crippen LogP contribution is -2.44. The summed E-state index contributed by atoms with van der Waals surface area (Å²) in [7, 11) is 0. The molecule has 2 heterocycles. The van der Waals surface area contributed by atoms with Gasteiger partial charge in [-0.2, -0.15) is 0 Å². The summed E-state index contributed by atoms with van der Waals surface area (Å²) in [4.78, 5) is 7.05. The van der Waals surface area contributed by atoms with Crippen molar-refractivity contribution in [2.45, 2.75) is 26.8 Å². The van der Waals surface area contributed by atoms with Crippen LogP contribution in [0.15, 0.2) is 34.8 Å². The van der Waals surface area contributed by atoms with Crippen LogP contribution in [0.3, 0.4) is 0 Å². The van der Waals surface area contributed by atoms with Gasteiger partial charge in [-0.1, -0.05) is 29.8 Å². The van der Waals surface area contributed by atoms with Gasteiger partial charge < -0.3 is 9.64 Å². The van der Waals surface area contributed by atoms with Gasteiger partial charge in [0.15, 0.2) is 0 Å². The number of hydrogen-bond donors (Lipinski definition) is 0. The van der Waals surface area contributed by atoms with Gasteiger partial charge >= 0.3 is 0 Å². The molecular weight excluding hydrogens is 316 g/mol. The Labute approximate surface area is 129 Å². The van der Waals surface area contributed by atoms with Crippen LogP contribution in [0.4, 0.5) is 5.82 Å². The Morgan fingerprint density at radius 3 is 2.80 bits per heavy atom. The van der Waals surface area contributed by atoms with Crippen LogP contribution in [0.5, 0.6) is 0 Å². The normalized spacial score (nSPS) is 18.6. The first-order valence-corrected chi connectivity index (χ1v) is 7.94. The quantitative estimate of drug-likeness (QED) is 0.778. The van der Waals surface area contributed by atoms with E-state index < -0.39 is 0 Å². The molecule has 2 aromatic rings. The fourth-order valence-electron chi connectivity index (χ4n) is 2.31. The van der Waals surface area contributed by atoms with Crippen molar-refractivity contribution in [1.82, 2.24) is 4.98 Å². The number of aromatic nitrogens is 1. The molecule has 108 valence electrons. The highest BCUT2D eigenvalue weighted by Crippen LogP contribution is 2.23. The molecule has 1 atom stereocenters. The van der Waals surface area contributed by atoms with Crippen molar-refractivity contribution < 1.29 is 4.74 Å². The first kappa shape index (κ1) is 15.3. The summed E-state index contributed by atoms with van der Waals surface area (Å²) in [5.74, 6) is 1.04. The maximum absolute atomic E-state index is 5.46. The Balaban J connectivity index is 0.000000704. The molecule has 0 spiro atoms. The van der Waals surface area contributed by atoms with E-state index in [2.05, 4.69) is 46.0 Å². The van der Waals surface area contributed by atoms with Crippen molar-refractivity contribution in [2.24, 2.45) is 0 Å². The summed E-state index contributed by atoms with van der Waals surface area (Å²) < 4.78 is 6.55. The average molecular weight is 337 g/mol. The third kappa shape index (κ3) is 3.30. The third-order valence-electron chi connectivity index (χ3n) is 3.30. The van der Waals surface area contributed by atoms with Gasteiger partial charge in [-0.05, 0) is 37.3 Å². The zero-order chi connectivity index (χ0) is 14.5. The topological polar surface area (TPSA) is 25.4 Å². The number of ether oxygens (including phenoxy) is 1. The highest BCUT2D eigenvalue weighted by Gasteiger charge is 2.20. The molecule has 1 aliphatic rings. The number of anilines is 1. The Hall–Kier alpha value is -1.13. The van der Waals surface area contributed by atoms with E-state index in [0.29, 0.717) is 6.04 Å². The number of hydrogen-bond acceptors (Lipinski definition) is 3. The second-order valence-corrected chi connectivity index (χ2v) is 5.54. The molecular formula is C16H21BrN2O. The predicted octanol–water partition coefficient (Wildman–Crippen LogP) is 4.25. The predicted molar refractivity (Wildman–Crippen MR) is 88.4 cm³/mol. The monoisotopic (exact) mass is 336 g/mol. The van der Waals surface area contributed by atoms with Crippen LogP contribution >= 0.6 is 15.9 Å². The van der Waals surface area contributed by atoms with Crippen molar-refractivity contribution in [3.05, 3.63) is 34.8 Å². The molecule has 0 saturated carbocycles. The van der Waals surface area contributed by atoms with Crippen LogP contribution in [-0.4, -0.2) is 30.8 Å². The van der Waals surface area contributed by atoms with E-state index in [4.69, 9.17) is 9.72 Å². The van der Waals surface area contributed by atoms with Crippen molar-refractivity contribution in [3.63, 3.8) is 0 Å². The molecule has 0 bridgehead atoms. The van der Waals surface area contributed by atoms with E-state index in [0.717, 1.165) is 41.0 Å². The lowest BCUT2D eigenvalue weighted by molar-refractivity contribution is 0.0986. The van der Waals surface area contributed by atoms with Crippen LogP contribution in [0.1, 0.15) is 20.8 Å². The summed E-state index contributed by atoms with van der Waals surface area (Å²) >= 11 is 3.48. The minimum atomic E-state index is 0.388. The highest BCUT2D eigenvalue weighted by atomic mass is 79.9.